The van der Waals surface area contributed by atoms with Crippen molar-refractivity contribution >= 4 is 15.7 Å². The first-order chi connectivity index (χ1) is 9.45. The molecule has 0 radical (unpaired) electrons. The third kappa shape index (κ3) is 3.04. The minimum atomic E-state index is -3.51. The van der Waals surface area contributed by atoms with Crippen LogP contribution in [0.4, 0.5) is 5.69 Å². The first-order valence-corrected chi connectivity index (χ1v) is 8.39. The molecule has 5 heteroatoms. The standard InChI is InChI=1S/C15H22N2O2S/c1-3-8-17(14-6-4-5-7-14)20(18,19)15-10-12(2)9-13(16)11-15/h3,9-11,14H,1,4-8,16H2,2H3. The van der Waals surface area contributed by atoms with Gasteiger partial charge in [0.25, 0.3) is 0 Å². The van der Waals surface area contributed by atoms with Crippen LogP contribution in [0.5, 0.6) is 0 Å². The molecule has 4 nitrogen and oxygen atoms in total. The summed E-state index contributed by atoms with van der Waals surface area (Å²) in [5, 5.41) is 0. The smallest absolute Gasteiger partial charge is 0.243 e. The van der Waals surface area contributed by atoms with E-state index in [4.69, 9.17) is 5.73 Å². The summed E-state index contributed by atoms with van der Waals surface area (Å²) in [5.74, 6) is 0. The van der Waals surface area contributed by atoms with Crippen LogP contribution in [0.25, 0.3) is 0 Å². The third-order valence-electron chi connectivity index (χ3n) is 3.72. The lowest BCUT2D eigenvalue weighted by atomic mass is 10.2. The van der Waals surface area contributed by atoms with Crippen molar-refractivity contribution in [2.24, 2.45) is 0 Å². The van der Waals surface area contributed by atoms with Crippen molar-refractivity contribution in [1.29, 1.82) is 0 Å². The van der Waals surface area contributed by atoms with Crippen LogP contribution in [0.2, 0.25) is 0 Å². The molecule has 1 aromatic carbocycles. The van der Waals surface area contributed by atoms with Gasteiger partial charge in [-0.05, 0) is 43.5 Å². The molecule has 0 amide bonds. The van der Waals surface area contributed by atoms with E-state index in [-0.39, 0.29) is 10.9 Å². The second-order valence-corrected chi connectivity index (χ2v) is 7.27. The summed E-state index contributed by atoms with van der Waals surface area (Å²) in [6.45, 7) is 5.88. The number of nitrogens with zero attached hydrogens (tertiary/aromatic N) is 1. The molecule has 0 aromatic heterocycles. The maximum absolute atomic E-state index is 12.8. The second kappa shape index (κ2) is 5.97. The fraction of sp³-hybridized carbons (Fsp3) is 0.467. The Kier molecular flexibility index (Phi) is 4.50. The molecule has 0 aliphatic heterocycles. The topological polar surface area (TPSA) is 63.4 Å². The average Bonchev–Trinajstić information content (AvgIpc) is 2.88. The molecule has 1 saturated carbocycles. The summed E-state index contributed by atoms with van der Waals surface area (Å²) in [4.78, 5) is 0.281. The molecule has 0 saturated heterocycles. The highest BCUT2D eigenvalue weighted by Gasteiger charge is 2.32. The Balaban J connectivity index is 2.41. The molecule has 1 fully saturated rings. The molecule has 1 aliphatic rings. The summed E-state index contributed by atoms with van der Waals surface area (Å²) in [6.07, 6.45) is 5.67. The van der Waals surface area contributed by atoms with Gasteiger partial charge in [0.2, 0.25) is 10.0 Å². The zero-order valence-corrected chi connectivity index (χ0v) is 12.7. The fourth-order valence-electron chi connectivity index (χ4n) is 2.82. The van der Waals surface area contributed by atoms with E-state index in [1.807, 2.05) is 6.92 Å². The number of hydrogen-bond acceptors (Lipinski definition) is 3. The molecule has 0 bridgehead atoms. The number of nitrogen functional groups attached to an aromatic ring is 1. The van der Waals surface area contributed by atoms with Gasteiger partial charge in [-0.2, -0.15) is 4.31 Å². The van der Waals surface area contributed by atoms with Crippen molar-refractivity contribution in [2.75, 3.05) is 12.3 Å². The lowest BCUT2D eigenvalue weighted by Gasteiger charge is -2.27. The number of benzene rings is 1. The van der Waals surface area contributed by atoms with E-state index in [0.717, 1.165) is 31.2 Å². The van der Waals surface area contributed by atoms with Crippen LogP contribution >= 0.6 is 0 Å². The minimum absolute atomic E-state index is 0.0831. The monoisotopic (exact) mass is 294 g/mol. The highest BCUT2D eigenvalue weighted by atomic mass is 32.2. The lowest BCUT2D eigenvalue weighted by molar-refractivity contribution is 0.347. The third-order valence-corrected chi connectivity index (χ3v) is 5.62. The van der Waals surface area contributed by atoms with Gasteiger partial charge >= 0.3 is 0 Å². The molecular weight excluding hydrogens is 272 g/mol. The second-order valence-electron chi connectivity index (χ2n) is 5.38. The highest BCUT2D eigenvalue weighted by molar-refractivity contribution is 7.89. The van der Waals surface area contributed by atoms with Gasteiger partial charge in [-0.1, -0.05) is 18.9 Å². The van der Waals surface area contributed by atoms with Gasteiger partial charge in [0.15, 0.2) is 0 Å². The van der Waals surface area contributed by atoms with Crippen molar-refractivity contribution in [2.45, 2.75) is 43.5 Å². The molecule has 0 atom stereocenters. The van der Waals surface area contributed by atoms with E-state index in [9.17, 15) is 8.42 Å². The van der Waals surface area contributed by atoms with E-state index in [0.29, 0.717) is 12.2 Å². The van der Waals surface area contributed by atoms with Crippen LogP contribution in [0.15, 0.2) is 35.7 Å². The van der Waals surface area contributed by atoms with Crippen LogP contribution in [-0.2, 0) is 10.0 Å². The predicted molar refractivity (Wildman–Crippen MR) is 81.9 cm³/mol. The van der Waals surface area contributed by atoms with Gasteiger partial charge in [0.05, 0.1) is 4.90 Å². The van der Waals surface area contributed by atoms with Crippen LogP contribution < -0.4 is 5.73 Å². The van der Waals surface area contributed by atoms with Crippen molar-refractivity contribution < 1.29 is 8.42 Å². The van der Waals surface area contributed by atoms with E-state index in [1.165, 1.54) is 6.07 Å². The Morgan fingerprint density at radius 3 is 2.55 bits per heavy atom. The number of anilines is 1. The molecule has 2 N–H and O–H groups in total. The minimum Gasteiger partial charge on any atom is -0.399 e. The first kappa shape index (κ1) is 15.1. The summed E-state index contributed by atoms with van der Waals surface area (Å²) < 4.78 is 27.2. The zero-order chi connectivity index (χ0) is 14.8. The highest BCUT2D eigenvalue weighted by Crippen LogP contribution is 2.29. The lowest BCUT2D eigenvalue weighted by Crippen LogP contribution is -2.38. The van der Waals surface area contributed by atoms with Gasteiger partial charge in [0, 0.05) is 18.3 Å². The van der Waals surface area contributed by atoms with Gasteiger partial charge in [-0.3, -0.25) is 0 Å². The normalized spacial score (nSPS) is 16.7. The molecular formula is C15H22N2O2S. The SMILES string of the molecule is C=CCN(C1CCCC1)S(=O)(=O)c1cc(C)cc(N)c1. The molecule has 0 spiro atoms. The summed E-state index contributed by atoms with van der Waals surface area (Å²) in [6, 6.07) is 5.07. The molecule has 110 valence electrons. The van der Waals surface area contributed by atoms with Crippen molar-refractivity contribution in [1.82, 2.24) is 4.31 Å². The van der Waals surface area contributed by atoms with Crippen molar-refractivity contribution in [3.63, 3.8) is 0 Å². The number of hydrogen-bond donors (Lipinski definition) is 1. The molecule has 1 aromatic rings. The summed E-state index contributed by atoms with van der Waals surface area (Å²) >= 11 is 0. The quantitative estimate of drug-likeness (QED) is 0.671. The Bertz CT molecular complexity index is 570. The largest absolute Gasteiger partial charge is 0.399 e. The molecule has 20 heavy (non-hydrogen) atoms. The van der Waals surface area contributed by atoms with E-state index < -0.39 is 10.0 Å². The number of sulfonamides is 1. The van der Waals surface area contributed by atoms with E-state index >= 15 is 0 Å². The predicted octanol–water partition coefficient (Wildman–Crippen LogP) is 2.70. The molecule has 1 aliphatic carbocycles. The van der Waals surface area contributed by atoms with Gasteiger partial charge in [-0.15, -0.1) is 6.58 Å². The maximum Gasteiger partial charge on any atom is 0.243 e. The van der Waals surface area contributed by atoms with Crippen LogP contribution in [0, 0.1) is 6.92 Å². The van der Waals surface area contributed by atoms with E-state index in [2.05, 4.69) is 6.58 Å². The van der Waals surface area contributed by atoms with Gasteiger partial charge in [-0.25, -0.2) is 8.42 Å². The average molecular weight is 294 g/mol. The molecule has 0 unspecified atom stereocenters. The Morgan fingerprint density at radius 1 is 1.35 bits per heavy atom. The number of rotatable bonds is 5. The van der Waals surface area contributed by atoms with Crippen LogP contribution in [0.1, 0.15) is 31.2 Å². The van der Waals surface area contributed by atoms with Crippen molar-refractivity contribution in [3.05, 3.63) is 36.4 Å². The van der Waals surface area contributed by atoms with E-state index in [1.54, 1.807) is 22.5 Å². The van der Waals surface area contributed by atoms with Crippen LogP contribution in [-0.4, -0.2) is 25.3 Å². The Hall–Kier alpha value is -1.33. The molecule has 2 rings (SSSR count). The molecule has 0 heterocycles. The summed E-state index contributed by atoms with van der Waals surface area (Å²) in [7, 11) is -3.51. The van der Waals surface area contributed by atoms with Gasteiger partial charge in [0.1, 0.15) is 0 Å². The Morgan fingerprint density at radius 2 is 2.00 bits per heavy atom. The Labute approximate surface area is 121 Å². The van der Waals surface area contributed by atoms with Crippen LogP contribution in [0.3, 0.4) is 0 Å². The number of nitrogens with two attached hydrogens (primary N) is 1. The van der Waals surface area contributed by atoms with Crippen molar-refractivity contribution in [3.8, 4) is 0 Å². The maximum atomic E-state index is 12.8. The number of aryl methyl sites for hydroxylation is 1. The van der Waals surface area contributed by atoms with Gasteiger partial charge < -0.3 is 5.73 Å². The fourth-order valence-corrected chi connectivity index (χ4v) is 4.62. The summed E-state index contributed by atoms with van der Waals surface area (Å²) in [5.41, 5.74) is 7.12. The first-order valence-electron chi connectivity index (χ1n) is 6.95. The zero-order valence-electron chi connectivity index (χ0n) is 11.9.